The van der Waals surface area contributed by atoms with Gasteiger partial charge in [-0.2, -0.15) is 5.21 Å². The van der Waals surface area contributed by atoms with Crippen LogP contribution in [0.25, 0.3) is 22.5 Å². The Hall–Kier alpha value is -3.86. The van der Waals surface area contributed by atoms with Gasteiger partial charge in [0.25, 0.3) is 0 Å². The van der Waals surface area contributed by atoms with Gasteiger partial charge in [-0.3, -0.25) is 19.5 Å². The third kappa shape index (κ3) is 6.90. The van der Waals surface area contributed by atoms with Gasteiger partial charge in [-0.25, -0.2) is 0 Å². The third-order valence-corrected chi connectivity index (χ3v) is 7.95. The molecule has 0 aliphatic heterocycles. The predicted octanol–water partition coefficient (Wildman–Crippen LogP) is 4.20. The number of halogens is 2. The number of nitrogens with one attached hydrogen (secondary N) is 1. The number of tetrazole rings is 1. The van der Waals surface area contributed by atoms with E-state index in [4.69, 9.17) is 23.1 Å². The molecule has 0 bridgehead atoms. The van der Waals surface area contributed by atoms with Crippen molar-refractivity contribution in [2.75, 3.05) is 11.4 Å². The van der Waals surface area contributed by atoms with Gasteiger partial charge in [0.2, 0.25) is 17.6 Å². The number of carbonyl (C=O) groups excluding carboxylic acids is 2. The molecule has 1 aliphatic rings. The Balaban J connectivity index is 0.00000387. The van der Waals surface area contributed by atoms with Crippen molar-refractivity contribution in [2.45, 2.75) is 38.1 Å². The number of hydrogen-bond donors (Lipinski definition) is 3. The standard InChI is InChI=1S/C29H31ClN8O2.ClH/c30-25-13-14-33-17-24(25)20-5-1-18(2-6-20)15-26(27(32)39)38(29(40)22-7-3-19(16-31)4-8-22)23-11-9-21(10-12-23)28-34-36-37-35-28;/h1-2,5-6,9-14,17,19,22,26H,3-4,7-8,15-16,31H2,(H2,32,39)(H,34,35,36,37);1H/t19-,22-,26-;/m0./s1. The summed E-state index contributed by atoms with van der Waals surface area (Å²) in [5.74, 6) is -0.0390. The quantitative estimate of drug-likeness (QED) is 0.262. The van der Waals surface area contributed by atoms with Crippen LogP contribution in [0, 0.1) is 11.8 Å². The molecule has 1 saturated carbocycles. The van der Waals surface area contributed by atoms with Crippen LogP contribution in [-0.4, -0.2) is 50.0 Å². The van der Waals surface area contributed by atoms with Gasteiger partial charge in [-0.1, -0.05) is 35.9 Å². The van der Waals surface area contributed by atoms with Crippen molar-refractivity contribution in [1.82, 2.24) is 25.6 Å². The number of nitrogens with two attached hydrogens (primary N) is 2. The Morgan fingerprint density at radius 3 is 2.27 bits per heavy atom. The van der Waals surface area contributed by atoms with Gasteiger partial charge in [0.15, 0.2) is 0 Å². The zero-order valence-electron chi connectivity index (χ0n) is 22.3. The monoisotopic (exact) mass is 594 g/mol. The fourth-order valence-corrected chi connectivity index (χ4v) is 5.52. The highest BCUT2D eigenvalue weighted by molar-refractivity contribution is 6.33. The maximum Gasteiger partial charge on any atom is 0.240 e. The number of H-pyrrole nitrogens is 1. The molecule has 1 aliphatic carbocycles. The Bertz CT molecular complexity index is 1440. The second kappa shape index (κ2) is 13.7. The highest BCUT2D eigenvalue weighted by Gasteiger charge is 2.36. The first-order valence-corrected chi connectivity index (χ1v) is 13.7. The number of benzene rings is 2. The molecule has 10 nitrogen and oxygen atoms in total. The van der Waals surface area contributed by atoms with Crippen LogP contribution in [0.5, 0.6) is 0 Å². The Kier molecular flexibility index (Phi) is 10.0. The van der Waals surface area contributed by atoms with Crippen LogP contribution in [0.15, 0.2) is 67.0 Å². The van der Waals surface area contributed by atoms with Crippen molar-refractivity contribution in [1.29, 1.82) is 0 Å². The van der Waals surface area contributed by atoms with Crippen molar-refractivity contribution in [2.24, 2.45) is 23.3 Å². The van der Waals surface area contributed by atoms with Crippen LogP contribution in [0.4, 0.5) is 5.69 Å². The van der Waals surface area contributed by atoms with E-state index in [1.54, 1.807) is 47.6 Å². The molecule has 2 amide bonds. The molecule has 4 aromatic rings. The van der Waals surface area contributed by atoms with Crippen LogP contribution in [0.2, 0.25) is 5.02 Å². The minimum atomic E-state index is -0.886. The van der Waals surface area contributed by atoms with Gasteiger partial charge in [0.1, 0.15) is 6.04 Å². The maximum atomic E-state index is 14.0. The molecule has 0 unspecified atom stereocenters. The number of anilines is 1. The minimum Gasteiger partial charge on any atom is -0.368 e. The second-order valence-electron chi connectivity index (χ2n) is 10.1. The smallest absolute Gasteiger partial charge is 0.240 e. The van der Waals surface area contributed by atoms with Crippen LogP contribution in [0.1, 0.15) is 31.2 Å². The summed E-state index contributed by atoms with van der Waals surface area (Å²) in [4.78, 5) is 32.7. The van der Waals surface area contributed by atoms with Crippen molar-refractivity contribution in [3.05, 3.63) is 77.6 Å². The Morgan fingerprint density at radius 2 is 1.68 bits per heavy atom. The third-order valence-electron chi connectivity index (χ3n) is 7.62. The van der Waals surface area contributed by atoms with E-state index in [0.717, 1.165) is 47.9 Å². The molecular weight excluding hydrogens is 563 g/mol. The van der Waals surface area contributed by atoms with Gasteiger partial charge in [0, 0.05) is 41.5 Å². The van der Waals surface area contributed by atoms with Gasteiger partial charge in [0.05, 0.1) is 5.02 Å². The lowest BCUT2D eigenvalue weighted by atomic mass is 9.81. The number of aromatic amines is 1. The van der Waals surface area contributed by atoms with E-state index in [1.165, 1.54) is 0 Å². The molecular formula is C29H32Cl2N8O2. The van der Waals surface area contributed by atoms with E-state index in [0.29, 0.717) is 29.0 Å². The second-order valence-corrected chi connectivity index (χ2v) is 10.5. The molecule has 41 heavy (non-hydrogen) atoms. The van der Waals surface area contributed by atoms with E-state index in [2.05, 4.69) is 25.6 Å². The SMILES string of the molecule is Cl.NC[C@H]1CC[C@H](C(=O)N(c2ccc(-c3nn[nH]n3)cc2)[C@@H](Cc2ccc(-c3cnccc3Cl)cc2)C(N)=O)CC1. The lowest BCUT2D eigenvalue weighted by Crippen LogP contribution is -2.52. The predicted molar refractivity (Wildman–Crippen MR) is 160 cm³/mol. The fourth-order valence-electron chi connectivity index (χ4n) is 5.31. The summed E-state index contributed by atoms with van der Waals surface area (Å²) in [6, 6.07) is 15.7. The number of pyridine rings is 1. The van der Waals surface area contributed by atoms with E-state index in [-0.39, 0.29) is 30.7 Å². The van der Waals surface area contributed by atoms with Crippen LogP contribution in [-0.2, 0) is 16.0 Å². The largest absolute Gasteiger partial charge is 0.368 e. The fraction of sp³-hybridized carbons (Fsp3) is 0.310. The average Bonchev–Trinajstić information content (AvgIpc) is 3.53. The highest BCUT2D eigenvalue weighted by atomic mass is 35.5. The van der Waals surface area contributed by atoms with E-state index >= 15 is 0 Å². The van der Waals surface area contributed by atoms with E-state index in [1.807, 2.05) is 24.3 Å². The lowest BCUT2D eigenvalue weighted by molar-refractivity contribution is -0.127. The molecule has 2 aromatic carbocycles. The van der Waals surface area contributed by atoms with Crippen molar-refractivity contribution >= 4 is 41.5 Å². The number of aromatic nitrogens is 5. The number of rotatable bonds is 9. The van der Waals surface area contributed by atoms with Crippen molar-refractivity contribution in [3.8, 4) is 22.5 Å². The summed E-state index contributed by atoms with van der Waals surface area (Å²) >= 11 is 6.34. The van der Waals surface area contributed by atoms with Gasteiger partial charge in [-0.15, -0.1) is 22.6 Å². The van der Waals surface area contributed by atoms with E-state index < -0.39 is 11.9 Å². The number of hydrogen-bond acceptors (Lipinski definition) is 7. The van der Waals surface area contributed by atoms with Gasteiger partial charge >= 0.3 is 0 Å². The summed E-state index contributed by atoms with van der Waals surface area (Å²) in [6.07, 6.45) is 6.83. The highest BCUT2D eigenvalue weighted by Crippen LogP contribution is 2.33. The van der Waals surface area contributed by atoms with Gasteiger partial charge in [-0.05, 0) is 84.8 Å². The van der Waals surface area contributed by atoms with Crippen LogP contribution >= 0.6 is 24.0 Å². The molecule has 5 rings (SSSR count). The number of amides is 2. The molecule has 0 radical (unpaired) electrons. The summed E-state index contributed by atoms with van der Waals surface area (Å²) < 4.78 is 0. The molecule has 2 heterocycles. The average molecular weight is 596 g/mol. The topological polar surface area (TPSA) is 157 Å². The van der Waals surface area contributed by atoms with Crippen molar-refractivity contribution in [3.63, 3.8) is 0 Å². The first kappa shape index (κ1) is 30.1. The Labute approximate surface area is 249 Å². The lowest BCUT2D eigenvalue weighted by Gasteiger charge is -2.35. The summed E-state index contributed by atoms with van der Waals surface area (Å²) in [5.41, 5.74) is 15.7. The number of primary amides is 1. The normalized spacial score (nSPS) is 17.3. The first-order valence-electron chi connectivity index (χ1n) is 13.3. The Morgan fingerprint density at radius 1 is 1.00 bits per heavy atom. The van der Waals surface area contributed by atoms with E-state index in [9.17, 15) is 9.59 Å². The summed E-state index contributed by atoms with van der Waals surface area (Å²) in [6.45, 7) is 0.617. The minimum absolute atomic E-state index is 0. The summed E-state index contributed by atoms with van der Waals surface area (Å²) in [5, 5.41) is 14.7. The van der Waals surface area contributed by atoms with Gasteiger partial charge < -0.3 is 11.5 Å². The number of nitrogens with zero attached hydrogens (tertiary/aromatic N) is 5. The zero-order valence-corrected chi connectivity index (χ0v) is 23.9. The van der Waals surface area contributed by atoms with Crippen LogP contribution in [0.3, 0.4) is 0 Å². The molecule has 12 heteroatoms. The molecule has 2 aromatic heterocycles. The molecule has 1 atom stereocenters. The summed E-state index contributed by atoms with van der Waals surface area (Å²) in [7, 11) is 0. The van der Waals surface area contributed by atoms with Crippen molar-refractivity contribution < 1.29 is 9.59 Å². The first-order chi connectivity index (χ1) is 19.4. The zero-order chi connectivity index (χ0) is 28.1. The van der Waals surface area contributed by atoms with Crippen LogP contribution < -0.4 is 16.4 Å². The molecule has 0 saturated heterocycles. The molecule has 5 N–H and O–H groups in total. The molecule has 1 fully saturated rings. The molecule has 214 valence electrons. The number of carbonyl (C=O) groups is 2. The maximum absolute atomic E-state index is 14.0. The molecule has 0 spiro atoms.